The smallest absolute Gasteiger partial charge is 0.328 e. The van der Waals surface area contributed by atoms with Crippen LogP contribution in [0.5, 0.6) is 5.75 Å². The number of nitrogens with one attached hydrogen (secondary N) is 1. The number of allylic oxidation sites excluding steroid dienone is 1. The average molecular weight is 277 g/mol. The zero-order chi connectivity index (χ0) is 15.1. The van der Waals surface area contributed by atoms with Gasteiger partial charge in [0.15, 0.2) is 0 Å². The summed E-state index contributed by atoms with van der Waals surface area (Å²) >= 11 is 0. The van der Waals surface area contributed by atoms with Crippen LogP contribution in [0, 0.1) is 0 Å². The van der Waals surface area contributed by atoms with E-state index in [1.54, 1.807) is 24.3 Å². The van der Waals surface area contributed by atoms with Crippen molar-refractivity contribution in [2.45, 2.75) is 25.8 Å². The number of ether oxygens (including phenoxy) is 1. The van der Waals surface area contributed by atoms with Crippen molar-refractivity contribution >= 4 is 11.9 Å². The molecule has 0 fully saturated rings. The summed E-state index contributed by atoms with van der Waals surface area (Å²) in [6.45, 7) is 4.97. The first kappa shape index (κ1) is 15.8. The van der Waals surface area contributed by atoms with Crippen molar-refractivity contribution in [3.05, 3.63) is 42.0 Å². The number of carbonyl (C=O) groups excluding carboxylic acids is 2. The minimum Gasteiger partial charge on any atom is -0.508 e. The molecule has 108 valence electrons. The molecule has 0 aromatic heterocycles. The van der Waals surface area contributed by atoms with Gasteiger partial charge in [-0.1, -0.05) is 18.2 Å². The molecule has 0 unspecified atom stereocenters. The van der Waals surface area contributed by atoms with E-state index in [4.69, 9.17) is 0 Å². The molecule has 2 N–H and O–H groups in total. The van der Waals surface area contributed by atoms with Crippen LogP contribution in [0.15, 0.2) is 30.9 Å². The van der Waals surface area contributed by atoms with E-state index in [-0.39, 0.29) is 11.7 Å². The maximum Gasteiger partial charge on any atom is 0.328 e. The van der Waals surface area contributed by atoms with E-state index in [1.165, 1.54) is 14.0 Å². The highest BCUT2D eigenvalue weighted by Gasteiger charge is 2.20. The Morgan fingerprint density at radius 1 is 1.50 bits per heavy atom. The lowest BCUT2D eigenvalue weighted by atomic mass is 10.0. The molecular weight excluding hydrogens is 258 g/mol. The van der Waals surface area contributed by atoms with Crippen LogP contribution in [0.2, 0.25) is 0 Å². The highest BCUT2D eigenvalue weighted by Crippen LogP contribution is 2.20. The highest BCUT2D eigenvalue weighted by molar-refractivity contribution is 5.83. The van der Waals surface area contributed by atoms with Crippen LogP contribution in [0.1, 0.15) is 18.1 Å². The zero-order valence-corrected chi connectivity index (χ0v) is 11.7. The number of aromatic hydroxyl groups is 1. The molecule has 0 aliphatic carbocycles. The number of hydrogen-bond acceptors (Lipinski definition) is 4. The fourth-order valence-electron chi connectivity index (χ4n) is 1.90. The fourth-order valence-corrected chi connectivity index (χ4v) is 1.90. The normalized spacial score (nSPS) is 11.5. The van der Waals surface area contributed by atoms with Crippen molar-refractivity contribution in [3.8, 4) is 5.75 Å². The number of phenolic OH excluding ortho intramolecular Hbond substituents is 1. The number of benzene rings is 1. The first-order chi connectivity index (χ1) is 9.47. The van der Waals surface area contributed by atoms with Crippen molar-refractivity contribution in [3.63, 3.8) is 0 Å². The van der Waals surface area contributed by atoms with Crippen LogP contribution in [0.25, 0.3) is 0 Å². The molecule has 0 saturated heterocycles. The van der Waals surface area contributed by atoms with Crippen molar-refractivity contribution < 1.29 is 19.4 Å². The van der Waals surface area contributed by atoms with Crippen molar-refractivity contribution in [2.24, 2.45) is 0 Å². The molecule has 5 heteroatoms. The number of phenols is 1. The number of carbonyl (C=O) groups is 2. The second-order valence-corrected chi connectivity index (χ2v) is 4.44. The number of rotatable bonds is 6. The van der Waals surface area contributed by atoms with Gasteiger partial charge < -0.3 is 15.2 Å². The zero-order valence-electron chi connectivity index (χ0n) is 11.7. The maximum absolute atomic E-state index is 11.6. The molecular formula is C15H19NO4. The van der Waals surface area contributed by atoms with Gasteiger partial charge in [-0.3, -0.25) is 4.79 Å². The van der Waals surface area contributed by atoms with Gasteiger partial charge in [-0.05, 0) is 23.6 Å². The number of amides is 1. The van der Waals surface area contributed by atoms with Gasteiger partial charge in [-0.15, -0.1) is 6.58 Å². The number of esters is 1. The predicted molar refractivity (Wildman–Crippen MR) is 75.3 cm³/mol. The summed E-state index contributed by atoms with van der Waals surface area (Å²) in [6, 6.07) is 4.32. The minimum absolute atomic E-state index is 0.183. The molecule has 0 aliphatic heterocycles. The Kier molecular flexibility index (Phi) is 5.77. The lowest BCUT2D eigenvalue weighted by Gasteiger charge is -2.16. The summed E-state index contributed by atoms with van der Waals surface area (Å²) < 4.78 is 4.67. The summed E-state index contributed by atoms with van der Waals surface area (Å²) in [4.78, 5) is 22.7. The van der Waals surface area contributed by atoms with Gasteiger partial charge in [0.1, 0.15) is 11.8 Å². The van der Waals surface area contributed by atoms with E-state index in [0.717, 1.165) is 11.1 Å². The third kappa shape index (κ3) is 4.42. The summed E-state index contributed by atoms with van der Waals surface area (Å²) in [5.74, 6) is -0.619. The predicted octanol–water partition coefficient (Wildman–Crippen LogP) is 1.34. The molecule has 0 saturated carbocycles. The molecule has 0 spiro atoms. The van der Waals surface area contributed by atoms with Crippen LogP contribution in [-0.2, 0) is 27.2 Å². The van der Waals surface area contributed by atoms with Gasteiger partial charge in [0.25, 0.3) is 0 Å². The topological polar surface area (TPSA) is 75.6 Å². The van der Waals surface area contributed by atoms with Crippen molar-refractivity contribution in [2.75, 3.05) is 7.11 Å². The Morgan fingerprint density at radius 2 is 2.20 bits per heavy atom. The van der Waals surface area contributed by atoms with Crippen molar-refractivity contribution in [1.29, 1.82) is 0 Å². The quantitative estimate of drug-likeness (QED) is 0.608. The monoisotopic (exact) mass is 277 g/mol. The van der Waals surface area contributed by atoms with E-state index < -0.39 is 12.0 Å². The molecule has 1 aromatic carbocycles. The standard InChI is InChI=1S/C15H19NO4/c1-4-5-12-8-11(6-7-14(12)18)9-13(15(19)20-3)16-10(2)17/h4,6-8,13,18H,1,5,9H2,2-3H3,(H,16,17)/t13-/m0/s1. The van der Waals surface area contributed by atoms with Crippen LogP contribution in [0.3, 0.4) is 0 Å². The Hall–Kier alpha value is -2.30. The van der Waals surface area contributed by atoms with Gasteiger partial charge in [0.05, 0.1) is 7.11 Å². The van der Waals surface area contributed by atoms with Gasteiger partial charge in [0, 0.05) is 13.3 Å². The molecule has 0 bridgehead atoms. The summed E-state index contributed by atoms with van der Waals surface area (Å²) in [5, 5.41) is 12.2. The second-order valence-electron chi connectivity index (χ2n) is 4.44. The summed E-state index contributed by atoms with van der Waals surface area (Å²) in [7, 11) is 1.27. The van der Waals surface area contributed by atoms with E-state index >= 15 is 0 Å². The molecule has 0 aliphatic rings. The largest absolute Gasteiger partial charge is 0.508 e. The molecule has 5 nitrogen and oxygen atoms in total. The van der Waals surface area contributed by atoms with Crippen LogP contribution in [-0.4, -0.2) is 30.1 Å². The first-order valence-electron chi connectivity index (χ1n) is 6.24. The minimum atomic E-state index is -0.737. The van der Waals surface area contributed by atoms with Gasteiger partial charge in [0.2, 0.25) is 5.91 Å². The summed E-state index contributed by atoms with van der Waals surface area (Å²) in [5.41, 5.74) is 1.55. The summed E-state index contributed by atoms with van der Waals surface area (Å²) in [6.07, 6.45) is 2.52. The molecule has 1 aromatic rings. The van der Waals surface area contributed by atoms with Crippen LogP contribution in [0.4, 0.5) is 0 Å². The third-order valence-corrected chi connectivity index (χ3v) is 2.81. The van der Waals surface area contributed by atoms with Crippen LogP contribution < -0.4 is 5.32 Å². The third-order valence-electron chi connectivity index (χ3n) is 2.81. The van der Waals surface area contributed by atoms with E-state index in [2.05, 4.69) is 16.6 Å². The Bertz CT molecular complexity index is 511. The SMILES string of the molecule is C=CCc1cc(C[C@H](NC(C)=O)C(=O)OC)ccc1O. The van der Waals surface area contributed by atoms with Crippen LogP contribution >= 0.6 is 0 Å². The van der Waals surface area contributed by atoms with Gasteiger partial charge in [-0.2, -0.15) is 0 Å². The number of methoxy groups -OCH3 is 1. The number of hydrogen-bond donors (Lipinski definition) is 2. The Morgan fingerprint density at radius 3 is 2.75 bits per heavy atom. The van der Waals surface area contributed by atoms with E-state index in [9.17, 15) is 14.7 Å². The van der Waals surface area contributed by atoms with Crippen molar-refractivity contribution in [1.82, 2.24) is 5.32 Å². The van der Waals surface area contributed by atoms with E-state index in [0.29, 0.717) is 12.8 Å². The fraction of sp³-hybridized carbons (Fsp3) is 0.333. The maximum atomic E-state index is 11.6. The molecule has 20 heavy (non-hydrogen) atoms. The average Bonchev–Trinajstić information content (AvgIpc) is 2.40. The molecule has 0 radical (unpaired) electrons. The molecule has 1 rings (SSSR count). The van der Waals surface area contributed by atoms with Gasteiger partial charge >= 0.3 is 5.97 Å². The van der Waals surface area contributed by atoms with Gasteiger partial charge in [-0.25, -0.2) is 4.79 Å². The lowest BCUT2D eigenvalue weighted by Crippen LogP contribution is -2.42. The molecule has 1 amide bonds. The Labute approximate surface area is 118 Å². The first-order valence-corrected chi connectivity index (χ1v) is 6.24. The molecule has 0 heterocycles. The highest BCUT2D eigenvalue weighted by atomic mass is 16.5. The molecule has 1 atom stereocenters. The second kappa shape index (κ2) is 7.33. The lowest BCUT2D eigenvalue weighted by molar-refractivity contribution is -0.144. The Balaban J connectivity index is 2.92. The van der Waals surface area contributed by atoms with E-state index in [1.807, 2.05) is 0 Å².